The fraction of sp³-hybridized carbons (Fsp3) is 0.462. The van der Waals surface area contributed by atoms with Gasteiger partial charge in [-0.05, 0) is 42.5 Å². The zero-order valence-corrected chi connectivity index (χ0v) is 9.87. The van der Waals surface area contributed by atoms with E-state index in [-0.39, 0.29) is 5.92 Å². The number of benzene rings is 1. The van der Waals surface area contributed by atoms with E-state index in [0.717, 1.165) is 23.3 Å². The number of aldehydes is 1. The number of carbonyl (C=O) groups is 1. The quantitative estimate of drug-likeness (QED) is 0.735. The fourth-order valence-electron chi connectivity index (χ4n) is 2.11. The Morgan fingerprint density at radius 2 is 2.12 bits per heavy atom. The van der Waals surface area contributed by atoms with E-state index in [4.69, 9.17) is 9.47 Å². The Hall–Kier alpha value is -1.51. The number of ether oxygens (including phenoxy) is 2. The van der Waals surface area contributed by atoms with Crippen LogP contribution >= 0.6 is 0 Å². The molecule has 1 aromatic carbocycles. The van der Waals surface area contributed by atoms with Crippen LogP contribution in [0.1, 0.15) is 36.0 Å². The van der Waals surface area contributed by atoms with Crippen LogP contribution in [0.5, 0.6) is 11.5 Å². The van der Waals surface area contributed by atoms with Crippen LogP contribution in [0.15, 0.2) is 6.07 Å². The molecular formula is C13H16O3. The molecule has 3 heteroatoms. The average molecular weight is 220 g/mol. The molecule has 0 radical (unpaired) electrons. The molecule has 0 saturated heterocycles. The van der Waals surface area contributed by atoms with Gasteiger partial charge in [-0.25, -0.2) is 0 Å². The van der Waals surface area contributed by atoms with Crippen LogP contribution < -0.4 is 9.47 Å². The third-order valence-electron chi connectivity index (χ3n) is 3.24. The van der Waals surface area contributed by atoms with Gasteiger partial charge in [0.15, 0.2) is 11.5 Å². The van der Waals surface area contributed by atoms with Crippen molar-refractivity contribution in [2.24, 2.45) is 0 Å². The first-order valence-corrected chi connectivity index (χ1v) is 5.48. The van der Waals surface area contributed by atoms with Crippen molar-refractivity contribution >= 4 is 6.29 Å². The highest BCUT2D eigenvalue weighted by atomic mass is 16.7. The second-order valence-electron chi connectivity index (χ2n) is 4.25. The molecule has 3 nitrogen and oxygen atoms in total. The summed E-state index contributed by atoms with van der Waals surface area (Å²) in [6.45, 7) is 6.44. The van der Waals surface area contributed by atoms with Crippen molar-refractivity contribution in [2.75, 3.05) is 6.79 Å². The number of rotatable bonds is 3. The van der Waals surface area contributed by atoms with Gasteiger partial charge in [0.25, 0.3) is 0 Å². The summed E-state index contributed by atoms with van der Waals surface area (Å²) in [7, 11) is 0. The summed E-state index contributed by atoms with van der Waals surface area (Å²) in [5.41, 5.74) is 3.48. The second kappa shape index (κ2) is 4.16. The smallest absolute Gasteiger partial charge is 0.231 e. The Kier molecular flexibility index (Phi) is 2.86. The summed E-state index contributed by atoms with van der Waals surface area (Å²) in [5, 5.41) is 0. The molecule has 0 aliphatic carbocycles. The van der Waals surface area contributed by atoms with Crippen molar-refractivity contribution in [1.82, 2.24) is 0 Å². The largest absolute Gasteiger partial charge is 0.454 e. The SMILES string of the molecule is Cc1c(C(C)CC=O)cc2c(c1C)OCO2. The Morgan fingerprint density at radius 3 is 2.81 bits per heavy atom. The van der Waals surface area contributed by atoms with Gasteiger partial charge < -0.3 is 14.3 Å². The molecule has 0 bridgehead atoms. The van der Waals surface area contributed by atoms with Gasteiger partial charge in [0.2, 0.25) is 6.79 Å². The predicted molar refractivity (Wildman–Crippen MR) is 61.1 cm³/mol. The van der Waals surface area contributed by atoms with E-state index >= 15 is 0 Å². The van der Waals surface area contributed by atoms with Crippen molar-refractivity contribution in [1.29, 1.82) is 0 Å². The zero-order chi connectivity index (χ0) is 11.7. The molecule has 1 aliphatic heterocycles. The summed E-state index contributed by atoms with van der Waals surface area (Å²) in [6.07, 6.45) is 1.50. The average Bonchev–Trinajstić information content (AvgIpc) is 2.71. The lowest BCUT2D eigenvalue weighted by Gasteiger charge is -2.15. The maximum absolute atomic E-state index is 10.6. The van der Waals surface area contributed by atoms with Crippen molar-refractivity contribution in [3.63, 3.8) is 0 Å². The van der Waals surface area contributed by atoms with Crippen molar-refractivity contribution in [3.05, 3.63) is 22.8 Å². The van der Waals surface area contributed by atoms with Crippen LogP contribution in [0.25, 0.3) is 0 Å². The van der Waals surface area contributed by atoms with E-state index < -0.39 is 0 Å². The first kappa shape index (κ1) is 11.0. The summed E-state index contributed by atoms with van der Waals surface area (Å²) in [4.78, 5) is 10.6. The highest BCUT2D eigenvalue weighted by molar-refractivity contribution is 5.57. The zero-order valence-electron chi connectivity index (χ0n) is 9.87. The highest BCUT2D eigenvalue weighted by Crippen LogP contribution is 2.41. The molecule has 0 spiro atoms. The normalized spacial score (nSPS) is 14.9. The fourth-order valence-corrected chi connectivity index (χ4v) is 2.11. The van der Waals surface area contributed by atoms with Crippen LogP contribution in [-0.2, 0) is 4.79 Å². The Balaban J connectivity index is 2.47. The van der Waals surface area contributed by atoms with Gasteiger partial charge in [0.05, 0.1) is 0 Å². The molecule has 86 valence electrons. The predicted octanol–water partition coefficient (Wildman–Crippen LogP) is 2.72. The van der Waals surface area contributed by atoms with Gasteiger partial charge in [-0.1, -0.05) is 6.92 Å². The van der Waals surface area contributed by atoms with E-state index in [2.05, 4.69) is 13.8 Å². The monoisotopic (exact) mass is 220 g/mol. The molecule has 1 aromatic rings. The summed E-state index contributed by atoms with van der Waals surface area (Å²) in [6, 6.07) is 2.00. The van der Waals surface area contributed by atoms with Crippen LogP contribution in [0.3, 0.4) is 0 Å². The summed E-state index contributed by atoms with van der Waals surface area (Å²) >= 11 is 0. The molecule has 1 atom stereocenters. The van der Waals surface area contributed by atoms with E-state index in [1.54, 1.807) is 0 Å². The van der Waals surface area contributed by atoms with E-state index in [1.807, 2.05) is 13.0 Å². The molecule has 16 heavy (non-hydrogen) atoms. The Labute approximate surface area is 95.4 Å². The van der Waals surface area contributed by atoms with Crippen LogP contribution in [0.2, 0.25) is 0 Å². The molecule has 1 unspecified atom stereocenters. The lowest BCUT2D eigenvalue weighted by molar-refractivity contribution is -0.108. The Bertz CT molecular complexity index is 424. The number of hydrogen-bond acceptors (Lipinski definition) is 3. The minimum Gasteiger partial charge on any atom is -0.454 e. The third-order valence-corrected chi connectivity index (χ3v) is 3.24. The molecule has 2 rings (SSSR count). The van der Waals surface area contributed by atoms with Crippen LogP contribution in [0.4, 0.5) is 0 Å². The maximum Gasteiger partial charge on any atom is 0.231 e. The molecular weight excluding hydrogens is 204 g/mol. The highest BCUT2D eigenvalue weighted by Gasteiger charge is 2.21. The van der Waals surface area contributed by atoms with Gasteiger partial charge in [0, 0.05) is 6.42 Å². The van der Waals surface area contributed by atoms with Crippen molar-refractivity contribution in [2.45, 2.75) is 33.1 Å². The standard InChI is InChI=1S/C13H16O3/c1-8(4-5-14)11-6-12-13(16-7-15-12)10(3)9(11)2/h5-6,8H,4,7H2,1-3H3. The molecule has 0 amide bonds. The minimum absolute atomic E-state index is 0.228. The number of carbonyl (C=O) groups excluding carboxylic acids is 1. The van der Waals surface area contributed by atoms with Crippen molar-refractivity contribution < 1.29 is 14.3 Å². The first-order chi connectivity index (χ1) is 7.65. The van der Waals surface area contributed by atoms with E-state index in [9.17, 15) is 4.79 Å². The van der Waals surface area contributed by atoms with Gasteiger partial charge >= 0.3 is 0 Å². The van der Waals surface area contributed by atoms with Crippen molar-refractivity contribution in [3.8, 4) is 11.5 Å². The molecule has 1 aliphatic rings. The lowest BCUT2D eigenvalue weighted by Crippen LogP contribution is -2.00. The third kappa shape index (κ3) is 1.66. The molecule has 0 saturated carbocycles. The minimum atomic E-state index is 0.228. The molecule has 1 heterocycles. The van der Waals surface area contributed by atoms with E-state index in [1.165, 1.54) is 11.1 Å². The maximum atomic E-state index is 10.6. The molecule has 0 aromatic heterocycles. The first-order valence-electron chi connectivity index (χ1n) is 5.48. The Morgan fingerprint density at radius 1 is 1.38 bits per heavy atom. The lowest BCUT2D eigenvalue weighted by atomic mass is 9.91. The molecule has 0 N–H and O–H groups in total. The molecule has 0 fully saturated rings. The second-order valence-corrected chi connectivity index (χ2v) is 4.25. The van der Waals surface area contributed by atoms with Gasteiger partial charge in [0.1, 0.15) is 6.29 Å². The number of hydrogen-bond donors (Lipinski definition) is 0. The van der Waals surface area contributed by atoms with E-state index in [0.29, 0.717) is 13.2 Å². The van der Waals surface area contributed by atoms with Gasteiger partial charge in [-0.3, -0.25) is 0 Å². The topological polar surface area (TPSA) is 35.5 Å². The summed E-state index contributed by atoms with van der Waals surface area (Å²) in [5.74, 6) is 1.88. The van der Waals surface area contributed by atoms with Crippen LogP contribution in [0, 0.1) is 13.8 Å². The van der Waals surface area contributed by atoms with Gasteiger partial charge in [-0.2, -0.15) is 0 Å². The number of fused-ring (bicyclic) bond motifs is 1. The van der Waals surface area contributed by atoms with Gasteiger partial charge in [-0.15, -0.1) is 0 Å². The summed E-state index contributed by atoms with van der Waals surface area (Å²) < 4.78 is 10.8. The van der Waals surface area contributed by atoms with Crippen LogP contribution in [-0.4, -0.2) is 13.1 Å².